The summed E-state index contributed by atoms with van der Waals surface area (Å²) in [6, 6.07) is 5.55. The Morgan fingerprint density at radius 2 is 1.94 bits per heavy atom. The van der Waals surface area contributed by atoms with Gasteiger partial charge in [-0.1, -0.05) is 0 Å². The Morgan fingerprint density at radius 1 is 1.28 bits per heavy atom. The van der Waals surface area contributed by atoms with Crippen LogP contribution in [0, 0.1) is 0 Å². The molecule has 1 aliphatic heterocycles. The van der Waals surface area contributed by atoms with Gasteiger partial charge < -0.3 is 14.6 Å². The van der Waals surface area contributed by atoms with Crippen LogP contribution in [0.1, 0.15) is 45.4 Å². The number of hydrogen-bond acceptors (Lipinski definition) is 3. The van der Waals surface area contributed by atoms with Gasteiger partial charge >= 0.3 is 0 Å². The van der Waals surface area contributed by atoms with E-state index in [1.165, 1.54) is 25.9 Å². The minimum absolute atomic E-state index is 0.284. The first-order chi connectivity index (χ1) is 8.56. The molecule has 0 amide bonds. The predicted octanol–water partition coefficient (Wildman–Crippen LogP) is 3.57. The molecule has 0 saturated carbocycles. The van der Waals surface area contributed by atoms with E-state index in [2.05, 4.69) is 46.9 Å². The molecule has 1 fully saturated rings. The number of nitrogens with zero attached hydrogens (tertiary/aromatic N) is 1. The van der Waals surface area contributed by atoms with Crippen molar-refractivity contribution in [2.45, 2.75) is 51.7 Å². The zero-order valence-electron chi connectivity index (χ0n) is 11.4. The van der Waals surface area contributed by atoms with Gasteiger partial charge in [0.05, 0.1) is 6.04 Å². The van der Waals surface area contributed by atoms with Crippen LogP contribution in [0.4, 0.5) is 0 Å². The molecule has 0 bridgehead atoms. The zero-order valence-corrected chi connectivity index (χ0v) is 13.0. The maximum Gasteiger partial charge on any atom is 0.169 e. The Balaban J connectivity index is 1.81. The number of furan rings is 1. The summed E-state index contributed by atoms with van der Waals surface area (Å²) in [6.07, 6.45) is 2.45. The van der Waals surface area contributed by atoms with E-state index in [4.69, 9.17) is 4.42 Å². The van der Waals surface area contributed by atoms with Crippen LogP contribution in [0.2, 0.25) is 0 Å². The highest BCUT2D eigenvalue weighted by molar-refractivity contribution is 9.10. The van der Waals surface area contributed by atoms with E-state index in [-0.39, 0.29) is 6.04 Å². The van der Waals surface area contributed by atoms with Crippen LogP contribution in [0.5, 0.6) is 0 Å². The van der Waals surface area contributed by atoms with E-state index in [0.717, 1.165) is 10.4 Å². The fourth-order valence-electron chi connectivity index (χ4n) is 2.58. The summed E-state index contributed by atoms with van der Waals surface area (Å²) >= 11 is 3.35. The first-order valence-electron chi connectivity index (χ1n) is 6.81. The van der Waals surface area contributed by atoms with Crippen LogP contribution >= 0.6 is 15.9 Å². The Bertz CT molecular complexity index is 370. The lowest BCUT2D eigenvalue weighted by Gasteiger charge is -2.35. The third-order valence-corrected chi connectivity index (χ3v) is 4.19. The van der Waals surface area contributed by atoms with Gasteiger partial charge in [0.1, 0.15) is 5.76 Å². The Morgan fingerprint density at radius 3 is 2.44 bits per heavy atom. The summed E-state index contributed by atoms with van der Waals surface area (Å²) in [5.41, 5.74) is 0. The van der Waals surface area contributed by atoms with Crippen molar-refractivity contribution < 1.29 is 4.42 Å². The molecule has 4 heteroatoms. The van der Waals surface area contributed by atoms with Crippen LogP contribution in [-0.2, 0) is 0 Å². The van der Waals surface area contributed by atoms with Gasteiger partial charge in [0.15, 0.2) is 4.67 Å². The molecule has 2 rings (SSSR count). The standard InChI is InChI=1S/C14H23BrN2O/c1-10(2)17-8-6-12(7-9-17)16-11(3)13-4-5-14(15)18-13/h4-5,10-12,16H,6-9H2,1-3H3. The summed E-state index contributed by atoms with van der Waals surface area (Å²) < 4.78 is 6.40. The minimum Gasteiger partial charge on any atom is -0.453 e. The second kappa shape index (κ2) is 6.22. The molecule has 18 heavy (non-hydrogen) atoms. The zero-order chi connectivity index (χ0) is 13.1. The molecule has 1 saturated heterocycles. The Labute approximate surface area is 118 Å². The lowest BCUT2D eigenvalue weighted by Crippen LogP contribution is -2.45. The second-order valence-electron chi connectivity index (χ2n) is 5.43. The van der Waals surface area contributed by atoms with Crippen molar-refractivity contribution in [3.8, 4) is 0 Å². The van der Waals surface area contributed by atoms with E-state index in [9.17, 15) is 0 Å². The monoisotopic (exact) mass is 314 g/mol. The summed E-state index contributed by atoms with van der Waals surface area (Å²) in [4.78, 5) is 2.55. The van der Waals surface area contributed by atoms with Gasteiger partial charge in [0.25, 0.3) is 0 Å². The summed E-state index contributed by atoms with van der Waals surface area (Å²) in [6.45, 7) is 9.11. The summed E-state index contributed by atoms with van der Waals surface area (Å²) in [5.74, 6) is 1.01. The van der Waals surface area contributed by atoms with Crippen LogP contribution in [0.15, 0.2) is 21.2 Å². The molecule has 3 nitrogen and oxygen atoms in total. The molecule has 102 valence electrons. The highest BCUT2D eigenvalue weighted by Gasteiger charge is 2.22. The van der Waals surface area contributed by atoms with E-state index in [0.29, 0.717) is 12.1 Å². The highest BCUT2D eigenvalue weighted by Crippen LogP contribution is 2.22. The molecular weight excluding hydrogens is 292 g/mol. The molecule has 1 N–H and O–H groups in total. The maximum atomic E-state index is 5.59. The fourth-order valence-corrected chi connectivity index (χ4v) is 2.90. The van der Waals surface area contributed by atoms with Crippen molar-refractivity contribution in [2.75, 3.05) is 13.1 Å². The van der Waals surface area contributed by atoms with Crippen molar-refractivity contribution in [3.05, 3.63) is 22.6 Å². The number of rotatable bonds is 4. The topological polar surface area (TPSA) is 28.4 Å². The van der Waals surface area contributed by atoms with Gasteiger partial charge in [-0.15, -0.1) is 0 Å². The molecule has 0 spiro atoms. The van der Waals surface area contributed by atoms with Crippen molar-refractivity contribution in [1.29, 1.82) is 0 Å². The molecular formula is C14H23BrN2O. The van der Waals surface area contributed by atoms with Crippen molar-refractivity contribution in [3.63, 3.8) is 0 Å². The van der Waals surface area contributed by atoms with E-state index >= 15 is 0 Å². The average molecular weight is 315 g/mol. The highest BCUT2D eigenvalue weighted by atomic mass is 79.9. The van der Waals surface area contributed by atoms with E-state index < -0.39 is 0 Å². The molecule has 1 aromatic heterocycles. The summed E-state index contributed by atoms with van der Waals surface area (Å²) in [5, 5.41) is 3.67. The lowest BCUT2D eigenvalue weighted by molar-refractivity contribution is 0.155. The smallest absolute Gasteiger partial charge is 0.169 e. The van der Waals surface area contributed by atoms with Gasteiger partial charge in [0.2, 0.25) is 0 Å². The van der Waals surface area contributed by atoms with Crippen LogP contribution < -0.4 is 5.32 Å². The number of hydrogen-bond donors (Lipinski definition) is 1. The van der Waals surface area contributed by atoms with Gasteiger partial charge in [-0.3, -0.25) is 0 Å². The quantitative estimate of drug-likeness (QED) is 0.921. The Hall–Kier alpha value is -0.320. The number of piperidine rings is 1. The third kappa shape index (κ3) is 3.59. The molecule has 1 aromatic rings. The third-order valence-electron chi connectivity index (χ3n) is 3.77. The van der Waals surface area contributed by atoms with Crippen molar-refractivity contribution >= 4 is 15.9 Å². The second-order valence-corrected chi connectivity index (χ2v) is 6.22. The summed E-state index contributed by atoms with van der Waals surface area (Å²) in [7, 11) is 0. The Kier molecular flexibility index (Phi) is 4.87. The maximum absolute atomic E-state index is 5.59. The van der Waals surface area contributed by atoms with Gasteiger partial charge in [0, 0.05) is 12.1 Å². The van der Waals surface area contributed by atoms with Crippen LogP contribution in [-0.4, -0.2) is 30.1 Å². The predicted molar refractivity (Wildman–Crippen MR) is 77.7 cm³/mol. The molecule has 1 unspecified atom stereocenters. The van der Waals surface area contributed by atoms with E-state index in [1.807, 2.05) is 12.1 Å². The molecule has 0 radical (unpaired) electrons. The lowest BCUT2D eigenvalue weighted by atomic mass is 10.0. The average Bonchev–Trinajstić information content (AvgIpc) is 2.76. The fraction of sp³-hybridized carbons (Fsp3) is 0.714. The van der Waals surface area contributed by atoms with Crippen LogP contribution in [0.25, 0.3) is 0 Å². The largest absolute Gasteiger partial charge is 0.453 e. The normalized spacial score (nSPS) is 20.5. The van der Waals surface area contributed by atoms with Gasteiger partial charge in [-0.25, -0.2) is 0 Å². The first kappa shape index (κ1) is 14.1. The molecule has 2 heterocycles. The molecule has 0 aliphatic carbocycles. The minimum atomic E-state index is 0.284. The molecule has 0 aromatic carbocycles. The first-order valence-corrected chi connectivity index (χ1v) is 7.61. The van der Waals surface area contributed by atoms with Gasteiger partial charge in [-0.2, -0.15) is 0 Å². The number of nitrogens with one attached hydrogen (secondary N) is 1. The SMILES string of the molecule is CC(NC1CCN(C(C)C)CC1)c1ccc(Br)o1. The van der Waals surface area contributed by atoms with Crippen molar-refractivity contribution in [2.24, 2.45) is 0 Å². The van der Waals surface area contributed by atoms with Crippen molar-refractivity contribution in [1.82, 2.24) is 10.2 Å². The molecule has 1 aliphatic rings. The molecule has 1 atom stereocenters. The van der Waals surface area contributed by atoms with E-state index in [1.54, 1.807) is 0 Å². The van der Waals surface area contributed by atoms with Gasteiger partial charge in [-0.05, 0) is 74.8 Å². The number of likely N-dealkylation sites (tertiary alicyclic amines) is 1. The number of halogens is 1. The van der Waals surface area contributed by atoms with Crippen LogP contribution in [0.3, 0.4) is 0 Å².